The van der Waals surface area contributed by atoms with Gasteiger partial charge in [0.25, 0.3) is 5.56 Å². The third-order valence-corrected chi connectivity index (χ3v) is 12.1. The van der Waals surface area contributed by atoms with E-state index in [1.807, 2.05) is 32.9 Å². The SMILES string of the molecule is CCN[C@@H](C)C(=O)Nc1ccc(C[N+]2(C)CCN(CCN3COc4c(F)cc5nc6c(c(C)c5c43)Cn3c-6cc4c(c3=O)COC(=O)[C@]4(O)CC)CC2)cc1. The first-order chi connectivity index (χ1) is 26.3. The zero-order valence-electron chi connectivity index (χ0n) is 32.1. The Hall–Kier alpha value is -4.89. The van der Waals surface area contributed by atoms with Gasteiger partial charge in [-0.05, 0) is 50.6 Å². The van der Waals surface area contributed by atoms with Crippen LogP contribution in [0.5, 0.6) is 5.75 Å². The maximum Gasteiger partial charge on any atom is 0.343 e. The van der Waals surface area contributed by atoms with Crippen LogP contribution in [0.4, 0.5) is 15.8 Å². The number of esters is 1. The second-order valence-electron chi connectivity index (χ2n) is 15.7. The van der Waals surface area contributed by atoms with Crippen molar-refractivity contribution in [1.82, 2.24) is 19.8 Å². The number of benzene rings is 2. The van der Waals surface area contributed by atoms with Crippen molar-refractivity contribution < 1.29 is 33.0 Å². The van der Waals surface area contributed by atoms with Gasteiger partial charge in [0.1, 0.15) is 13.2 Å². The molecule has 1 amide bonds. The fraction of sp³-hybridized carbons (Fsp3) is 0.463. The van der Waals surface area contributed by atoms with E-state index in [1.165, 1.54) is 11.6 Å². The molecule has 1 fully saturated rings. The lowest BCUT2D eigenvalue weighted by Gasteiger charge is -2.42. The van der Waals surface area contributed by atoms with Crippen LogP contribution in [0.25, 0.3) is 22.3 Å². The normalized spacial score (nSPS) is 20.3. The molecule has 0 unspecified atom stereocenters. The van der Waals surface area contributed by atoms with Gasteiger partial charge < -0.3 is 39.2 Å². The van der Waals surface area contributed by atoms with Crippen LogP contribution in [0.15, 0.2) is 41.2 Å². The van der Waals surface area contributed by atoms with Gasteiger partial charge in [-0.3, -0.25) is 14.5 Å². The van der Waals surface area contributed by atoms with E-state index in [0.29, 0.717) is 29.1 Å². The smallest absolute Gasteiger partial charge is 0.343 e. The number of carbonyl (C=O) groups is 2. The van der Waals surface area contributed by atoms with Gasteiger partial charge in [0.05, 0.1) is 60.9 Å². The molecule has 13 nitrogen and oxygen atoms in total. The molecule has 3 N–H and O–H groups in total. The number of quaternary nitrogens is 1. The number of fused-ring (bicyclic) bond motifs is 7. The lowest BCUT2D eigenvalue weighted by molar-refractivity contribution is -0.926. The molecule has 2 aromatic heterocycles. The first kappa shape index (κ1) is 37.1. The van der Waals surface area contributed by atoms with Crippen molar-refractivity contribution in [3.63, 3.8) is 0 Å². The molecule has 0 aliphatic carbocycles. The summed E-state index contributed by atoms with van der Waals surface area (Å²) in [6, 6.07) is 10.9. The van der Waals surface area contributed by atoms with Gasteiger partial charge >= 0.3 is 5.97 Å². The Morgan fingerprint density at radius 1 is 1.09 bits per heavy atom. The highest BCUT2D eigenvalue weighted by atomic mass is 19.1. The van der Waals surface area contributed by atoms with Crippen LogP contribution in [0.2, 0.25) is 0 Å². The van der Waals surface area contributed by atoms with E-state index in [4.69, 9.17) is 14.5 Å². The van der Waals surface area contributed by atoms with Crippen LogP contribution in [0, 0.1) is 12.7 Å². The lowest BCUT2D eigenvalue weighted by atomic mass is 9.86. The highest BCUT2D eigenvalue weighted by Crippen LogP contribution is 2.47. The number of likely N-dealkylation sites (N-methyl/N-ethyl adjacent to an activating group) is 2. The van der Waals surface area contributed by atoms with Crippen LogP contribution in [0.3, 0.4) is 0 Å². The zero-order chi connectivity index (χ0) is 38.8. The number of aromatic nitrogens is 2. The Kier molecular flexibility index (Phi) is 9.43. The number of nitrogens with zero attached hydrogens (tertiary/aromatic N) is 5. The van der Waals surface area contributed by atoms with E-state index >= 15 is 4.39 Å². The van der Waals surface area contributed by atoms with E-state index in [1.54, 1.807) is 17.6 Å². The van der Waals surface area contributed by atoms with Crippen molar-refractivity contribution in [2.45, 2.75) is 65.5 Å². The largest absolute Gasteiger partial charge is 0.468 e. The molecule has 2 aromatic carbocycles. The number of ether oxygens (including phenoxy) is 2. The van der Waals surface area contributed by atoms with Crippen molar-refractivity contribution in [3.8, 4) is 17.1 Å². The molecule has 1 saturated heterocycles. The summed E-state index contributed by atoms with van der Waals surface area (Å²) in [5, 5.41) is 18.2. The molecule has 0 radical (unpaired) electrons. The van der Waals surface area contributed by atoms with Crippen molar-refractivity contribution in [3.05, 3.63) is 80.4 Å². The van der Waals surface area contributed by atoms with Gasteiger partial charge in [0.15, 0.2) is 23.9 Å². The second kappa shape index (κ2) is 14.0. The average molecular weight is 755 g/mol. The van der Waals surface area contributed by atoms with Crippen molar-refractivity contribution in [1.29, 1.82) is 0 Å². The number of cyclic esters (lactones) is 1. The van der Waals surface area contributed by atoms with Crippen molar-refractivity contribution in [2.24, 2.45) is 0 Å². The highest BCUT2D eigenvalue weighted by molar-refractivity contribution is 6.01. The summed E-state index contributed by atoms with van der Waals surface area (Å²) in [6.07, 6.45) is 0.0521. The molecule has 0 bridgehead atoms. The van der Waals surface area contributed by atoms with Gasteiger partial charge in [0.2, 0.25) is 5.91 Å². The minimum atomic E-state index is -1.92. The maximum absolute atomic E-state index is 15.7. The molecule has 8 rings (SSSR count). The molecule has 14 heteroatoms. The quantitative estimate of drug-likeness (QED) is 0.143. The first-order valence-electron chi connectivity index (χ1n) is 19.2. The number of amides is 1. The van der Waals surface area contributed by atoms with Crippen molar-refractivity contribution >= 4 is 34.2 Å². The van der Waals surface area contributed by atoms with Crippen molar-refractivity contribution in [2.75, 3.05) is 69.8 Å². The van der Waals surface area contributed by atoms with E-state index < -0.39 is 17.4 Å². The molecule has 4 aliphatic heterocycles. The van der Waals surface area contributed by atoms with Crippen LogP contribution < -0.4 is 25.8 Å². The summed E-state index contributed by atoms with van der Waals surface area (Å²) < 4.78 is 29.4. The summed E-state index contributed by atoms with van der Waals surface area (Å²) in [5.41, 5.74) is 4.16. The minimum Gasteiger partial charge on any atom is -0.468 e. The third-order valence-electron chi connectivity index (χ3n) is 12.1. The number of hydrogen-bond donors (Lipinski definition) is 3. The number of aliphatic hydroxyl groups is 1. The number of piperazine rings is 1. The van der Waals surface area contributed by atoms with Crippen LogP contribution in [-0.4, -0.2) is 102 Å². The number of halogens is 1. The summed E-state index contributed by atoms with van der Waals surface area (Å²) in [4.78, 5) is 48.2. The molecule has 6 heterocycles. The first-order valence-corrected chi connectivity index (χ1v) is 19.2. The summed E-state index contributed by atoms with van der Waals surface area (Å²) >= 11 is 0. The number of aryl methyl sites for hydroxylation is 1. The molecule has 0 spiro atoms. The average Bonchev–Trinajstić information content (AvgIpc) is 3.77. The molecular weight excluding hydrogens is 705 g/mol. The predicted molar refractivity (Wildman–Crippen MR) is 206 cm³/mol. The van der Waals surface area contributed by atoms with Crippen LogP contribution >= 0.6 is 0 Å². The van der Waals surface area contributed by atoms with Crippen LogP contribution in [0.1, 0.15) is 55.0 Å². The number of carbonyl (C=O) groups excluding carboxylic acids is 2. The summed E-state index contributed by atoms with van der Waals surface area (Å²) in [5.74, 6) is -1.10. The Morgan fingerprint density at radius 3 is 2.55 bits per heavy atom. The van der Waals surface area contributed by atoms with Gasteiger partial charge in [-0.15, -0.1) is 0 Å². The van der Waals surface area contributed by atoms with Crippen LogP contribution in [-0.2, 0) is 39.6 Å². The molecular formula is C41H49FN7O6+. The standard InChI is InChI=1S/C41H48FN7O6/c1-6-41(53)30-18-33-35-28(20-48(33)39(51)29(30)22-54-40(41)52)24(3)34-32(45-35)19-31(42)37-36(34)47(23-55-37)13-12-46-14-16-49(5,17-15-46)21-26-8-10-27(11-9-26)44-38(50)25(4)43-7-2/h8-11,18-19,25,43,53H,6-7,12-17,20-23H2,1-5H3/p+1/t25-,41-/m0/s1. The molecule has 4 aromatic rings. The molecule has 290 valence electrons. The van der Waals surface area contributed by atoms with E-state index in [-0.39, 0.29) is 60.7 Å². The Labute approximate surface area is 319 Å². The number of hydrogen-bond acceptors (Lipinski definition) is 10. The summed E-state index contributed by atoms with van der Waals surface area (Å²) in [6.45, 7) is 14.6. The predicted octanol–water partition coefficient (Wildman–Crippen LogP) is 3.58. The third kappa shape index (κ3) is 6.34. The Balaban J connectivity index is 0.969. The zero-order valence-corrected chi connectivity index (χ0v) is 32.1. The molecule has 55 heavy (non-hydrogen) atoms. The fourth-order valence-corrected chi connectivity index (χ4v) is 8.64. The topological polar surface area (TPSA) is 138 Å². The van der Waals surface area contributed by atoms with E-state index in [0.717, 1.165) is 72.5 Å². The van der Waals surface area contributed by atoms with Gasteiger partial charge in [0, 0.05) is 60.0 Å². The highest BCUT2D eigenvalue weighted by Gasteiger charge is 2.45. The Morgan fingerprint density at radius 2 is 1.84 bits per heavy atom. The van der Waals surface area contributed by atoms with E-state index in [9.17, 15) is 19.5 Å². The number of pyridine rings is 2. The Bertz CT molecular complexity index is 2270. The van der Waals surface area contributed by atoms with Gasteiger partial charge in [-0.1, -0.05) is 26.0 Å². The lowest BCUT2D eigenvalue weighted by Crippen LogP contribution is -2.57. The summed E-state index contributed by atoms with van der Waals surface area (Å²) in [7, 11) is 2.29. The maximum atomic E-state index is 15.7. The fourth-order valence-electron chi connectivity index (χ4n) is 8.64. The molecule has 0 saturated carbocycles. The minimum absolute atomic E-state index is 0.0482. The number of rotatable bonds is 10. The van der Waals surface area contributed by atoms with Gasteiger partial charge in [-0.2, -0.15) is 0 Å². The molecule has 2 atom stereocenters. The van der Waals surface area contributed by atoms with Gasteiger partial charge in [-0.25, -0.2) is 14.2 Å². The van der Waals surface area contributed by atoms with E-state index in [2.05, 4.69) is 39.6 Å². The molecule has 4 aliphatic rings. The second-order valence-corrected chi connectivity index (χ2v) is 15.7. The number of anilines is 2. The monoisotopic (exact) mass is 754 g/mol. The number of nitrogens with one attached hydrogen (secondary N) is 2.